The summed E-state index contributed by atoms with van der Waals surface area (Å²) in [7, 11) is 0. The number of benzene rings is 1. The van der Waals surface area contributed by atoms with Crippen molar-refractivity contribution in [3.63, 3.8) is 0 Å². The van der Waals surface area contributed by atoms with Gasteiger partial charge in [0.15, 0.2) is 0 Å². The molecule has 0 aliphatic heterocycles. The Morgan fingerprint density at radius 1 is 1.44 bits per heavy atom. The fourth-order valence-corrected chi connectivity index (χ4v) is 1.80. The minimum absolute atomic E-state index is 0.484. The van der Waals surface area contributed by atoms with E-state index in [2.05, 4.69) is 31.7 Å². The van der Waals surface area contributed by atoms with Gasteiger partial charge in [-0.3, -0.25) is 0 Å². The highest BCUT2D eigenvalue weighted by molar-refractivity contribution is 5.63. The van der Waals surface area contributed by atoms with Crippen LogP contribution in [0.25, 0.3) is 0 Å². The molecule has 1 aromatic carbocycles. The monoisotopic (exact) mass is 217 g/mol. The number of nitrogen functional groups attached to an aromatic ring is 1. The number of nitrogens with zero attached hydrogens (tertiary/aromatic N) is 2. The van der Waals surface area contributed by atoms with Crippen molar-refractivity contribution in [2.45, 2.75) is 33.2 Å². The highest BCUT2D eigenvalue weighted by Crippen LogP contribution is 2.23. The zero-order valence-corrected chi connectivity index (χ0v) is 10.2. The Kier molecular flexibility index (Phi) is 4.19. The van der Waals surface area contributed by atoms with Crippen LogP contribution in [0.3, 0.4) is 0 Å². The summed E-state index contributed by atoms with van der Waals surface area (Å²) < 4.78 is 0. The lowest BCUT2D eigenvalue weighted by molar-refractivity contribution is 0.630. The SMILES string of the molecule is CCC(C)N(CC)c1ccc(C#N)c(N)c1. The summed E-state index contributed by atoms with van der Waals surface area (Å²) in [5, 5.41) is 8.82. The van der Waals surface area contributed by atoms with Gasteiger partial charge in [0.1, 0.15) is 6.07 Å². The number of nitriles is 1. The van der Waals surface area contributed by atoms with Crippen LogP contribution in [-0.4, -0.2) is 12.6 Å². The van der Waals surface area contributed by atoms with Crippen molar-refractivity contribution in [2.75, 3.05) is 17.2 Å². The maximum absolute atomic E-state index is 8.82. The van der Waals surface area contributed by atoms with Crippen LogP contribution in [0.2, 0.25) is 0 Å². The summed E-state index contributed by atoms with van der Waals surface area (Å²) in [6.45, 7) is 7.43. The second-order valence-corrected chi connectivity index (χ2v) is 3.93. The summed E-state index contributed by atoms with van der Waals surface area (Å²) in [4.78, 5) is 2.29. The topological polar surface area (TPSA) is 53.0 Å². The van der Waals surface area contributed by atoms with E-state index in [1.807, 2.05) is 12.1 Å². The van der Waals surface area contributed by atoms with Gasteiger partial charge in [-0.1, -0.05) is 6.92 Å². The van der Waals surface area contributed by atoms with Crippen molar-refractivity contribution in [3.8, 4) is 6.07 Å². The highest BCUT2D eigenvalue weighted by atomic mass is 15.1. The first-order valence-corrected chi connectivity index (χ1v) is 5.70. The van der Waals surface area contributed by atoms with Crippen LogP contribution in [0.5, 0.6) is 0 Å². The van der Waals surface area contributed by atoms with Gasteiger partial charge >= 0.3 is 0 Å². The molecule has 86 valence electrons. The highest BCUT2D eigenvalue weighted by Gasteiger charge is 2.11. The Morgan fingerprint density at radius 2 is 2.12 bits per heavy atom. The average Bonchev–Trinajstić information content (AvgIpc) is 2.30. The van der Waals surface area contributed by atoms with E-state index in [1.54, 1.807) is 6.07 Å². The molecule has 3 heteroatoms. The Balaban J connectivity index is 3.04. The predicted octanol–water partition coefficient (Wildman–Crippen LogP) is 2.77. The first-order valence-electron chi connectivity index (χ1n) is 5.70. The molecule has 1 aromatic rings. The molecular formula is C13H19N3. The molecule has 0 radical (unpaired) electrons. The van der Waals surface area contributed by atoms with Gasteiger partial charge in [-0.25, -0.2) is 0 Å². The first kappa shape index (κ1) is 12.4. The lowest BCUT2D eigenvalue weighted by atomic mass is 10.1. The number of anilines is 2. The van der Waals surface area contributed by atoms with Crippen LogP contribution in [0, 0.1) is 11.3 Å². The fourth-order valence-electron chi connectivity index (χ4n) is 1.80. The van der Waals surface area contributed by atoms with Crippen LogP contribution >= 0.6 is 0 Å². The third kappa shape index (κ3) is 2.46. The molecule has 16 heavy (non-hydrogen) atoms. The fraction of sp³-hybridized carbons (Fsp3) is 0.462. The smallest absolute Gasteiger partial charge is 0.101 e. The molecule has 0 amide bonds. The largest absolute Gasteiger partial charge is 0.398 e. The molecule has 1 atom stereocenters. The van der Waals surface area contributed by atoms with Gasteiger partial charge in [0.25, 0.3) is 0 Å². The summed E-state index contributed by atoms with van der Waals surface area (Å²) in [5.41, 5.74) is 8.01. The van der Waals surface area contributed by atoms with Crippen molar-refractivity contribution in [1.29, 1.82) is 5.26 Å². The van der Waals surface area contributed by atoms with Gasteiger partial charge in [-0.2, -0.15) is 5.26 Å². The Labute approximate surface area is 97.5 Å². The molecule has 0 saturated heterocycles. The maximum Gasteiger partial charge on any atom is 0.101 e. The van der Waals surface area contributed by atoms with Crippen molar-refractivity contribution in [3.05, 3.63) is 23.8 Å². The van der Waals surface area contributed by atoms with Crippen molar-refractivity contribution in [1.82, 2.24) is 0 Å². The zero-order valence-electron chi connectivity index (χ0n) is 10.2. The van der Waals surface area contributed by atoms with E-state index in [0.717, 1.165) is 18.7 Å². The van der Waals surface area contributed by atoms with Gasteiger partial charge in [-0.05, 0) is 38.5 Å². The molecule has 3 nitrogen and oxygen atoms in total. The summed E-state index contributed by atoms with van der Waals surface area (Å²) in [6, 6.07) is 8.20. The van der Waals surface area contributed by atoms with E-state index in [9.17, 15) is 0 Å². The van der Waals surface area contributed by atoms with E-state index in [1.165, 1.54) is 0 Å². The van der Waals surface area contributed by atoms with Crippen LogP contribution in [0.4, 0.5) is 11.4 Å². The molecule has 1 rings (SSSR count). The van der Waals surface area contributed by atoms with E-state index in [-0.39, 0.29) is 0 Å². The van der Waals surface area contributed by atoms with Gasteiger partial charge in [0.2, 0.25) is 0 Å². The van der Waals surface area contributed by atoms with Gasteiger partial charge in [0, 0.05) is 18.3 Å². The van der Waals surface area contributed by atoms with Crippen LogP contribution in [-0.2, 0) is 0 Å². The normalized spacial score (nSPS) is 11.9. The number of nitrogens with two attached hydrogens (primary N) is 1. The molecular weight excluding hydrogens is 198 g/mol. The molecule has 0 bridgehead atoms. The van der Waals surface area contributed by atoms with Gasteiger partial charge < -0.3 is 10.6 Å². The first-order chi connectivity index (χ1) is 7.63. The molecule has 1 unspecified atom stereocenters. The lowest BCUT2D eigenvalue weighted by Gasteiger charge is -2.29. The molecule has 0 aromatic heterocycles. The Morgan fingerprint density at radius 3 is 2.56 bits per heavy atom. The molecule has 0 aliphatic carbocycles. The number of hydrogen-bond donors (Lipinski definition) is 1. The van der Waals surface area contributed by atoms with E-state index >= 15 is 0 Å². The van der Waals surface area contributed by atoms with Gasteiger partial charge in [-0.15, -0.1) is 0 Å². The van der Waals surface area contributed by atoms with Crippen molar-refractivity contribution >= 4 is 11.4 Å². The third-order valence-electron chi connectivity index (χ3n) is 2.95. The van der Waals surface area contributed by atoms with E-state index < -0.39 is 0 Å². The maximum atomic E-state index is 8.82. The summed E-state index contributed by atoms with van der Waals surface area (Å²) >= 11 is 0. The second-order valence-electron chi connectivity index (χ2n) is 3.93. The summed E-state index contributed by atoms with van der Waals surface area (Å²) in [6.07, 6.45) is 1.09. The van der Waals surface area contributed by atoms with Crippen LogP contribution in [0.15, 0.2) is 18.2 Å². The van der Waals surface area contributed by atoms with E-state index in [4.69, 9.17) is 11.0 Å². The predicted molar refractivity (Wildman–Crippen MR) is 68.3 cm³/mol. The molecule has 2 N–H and O–H groups in total. The number of hydrogen-bond acceptors (Lipinski definition) is 3. The number of rotatable bonds is 4. The van der Waals surface area contributed by atoms with Crippen molar-refractivity contribution < 1.29 is 0 Å². The lowest BCUT2D eigenvalue weighted by Crippen LogP contribution is -2.32. The van der Waals surface area contributed by atoms with E-state index in [0.29, 0.717) is 17.3 Å². The average molecular weight is 217 g/mol. The minimum atomic E-state index is 0.484. The molecule has 0 heterocycles. The quantitative estimate of drug-likeness (QED) is 0.789. The third-order valence-corrected chi connectivity index (χ3v) is 2.95. The Hall–Kier alpha value is -1.69. The Bertz CT molecular complexity index is 393. The molecule has 0 spiro atoms. The minimum Gasteiger partial charge on any atom is -0.398 e. The second kappa shape index (κ2) is 5.41. The molecule has 0 aliphatic rings. The molecule has 0 fully saturated rings. The molecule has 0 saturated carbocycles. The van der Waals surface area contributed by atoms with Crippen LogP contribution in [0.1, 0.15) is 32.8 Å². The summed E-state index contributed by atoms with van der Waals surface area (Å²) in [5.74, 6) is 0. The van der Waals surface area contributed by atoms with Crippen LogP contribution < -0.4 is 10.6 Å². The standard InChI is InChI=1S/C13H19N3/c1-4-10(3)16(5-2)12-7-6-11(9-14)13(15)8-12/h6-8,10H,4-5,15H2,1-3H3. The van der Waals surface area contributed by atoms with Gasteiger partial charge in [0.05, 0.1) is 11.3 Å². The zero-order chi connectivity index (χ0) is 12.1. The van der Waals surface area contributed by atoms with Crippen molar-refractivity contribution in [2.24, 2.45) is 0 Å².